The zero-order valence-corrected chi connectivity index (χ0v) is 10.5. The second-order valence-electron chi connectivity index (χ2n) is 3.48. The molecule has 2 aromatic rings. The van der Waals surface area contributed by atoms with Gasteiger partial charge in [-0.2, -0.15) is 4.37 Å². The van der Waals surface area contributed by atoms with Gasteiger partial charge in [0.1, 0.15) is 6.61 Å². The second-order valence-corrected chi connectivity index (χ2v) is 4.21. The number of methoxy groups -OCH3 is 1. The minimum Gasteiger partial charge on any atom is -0.377 e. The number of ether oxygens (including phenoxy) is 1. The summed E-state index contributed by atoms with van der Waals surface area (Å²) in [5.41, 5.74) is 0.901. The van der Waals surface area contributed by atoms with Crippen LogP contribution in [0.1, 0.15) is 11.5 Å². The number of hydrogen-bond donors (Lipinski definition) is 0. The van der Waals surface area contributed by atoms with E-state index in [0.29, 0.717) is 19.0 Å². The van der Waals surface area contributed by atoms with Crippen molar-refractivity contribution in [2.24, 2.45) is 0 Å². The van der Waals surface area contributed by atoms with Gasteiger partial charge in [-0.05, 0) is 0 Å². The molecule has 2 aromatic heterocycles. The summed E-state index contributed by atoms with van der Waals surface area (Å²) >= 11 is 1.35. The van der Waals surface area contributed by atoms with Gasteiger partial charge in [0.2, 0.25) is 5.13 Å². The van der Waals surface area contributed by atoms with E-state index in [1.807, 2.05) is 11.9 Å². The summed E-state index contributed by atoms with van der Waals surface area (Å²) < 4.78 is 9.18. The minimum atomic E-state index is 0.440. The van der Waals surface area contributed by atoms with Gasteiger partial charge < -0.3 is 9.64 Å². The van der Waals surface area contributed by atoms with Gasteiger partial charge in [0, 0.05) is 38.1 Å². The molecule has 0 radical (unpaired) electrons. The van der Waals surface area contributed by atoms with Gasteiger partial charge in [0.15, 0.2) is 5.82 Å². The van der Waals surface area contributed by atoms with Crippen molar-refractivity contribution in [3.63, 3.8) is 0 Å². The molecule has 0 saturated carbocycles. The van der Waals surface area contributed by atoms with E-state index in [2.05, 4.69) is 19.3 Å². The summed E-state index contributed by atoms with van der Waals surface area (Å²) in [7, 11) is 3.58. The van der Waals surface area contributed by atoms with E-state index in [0.717, 1.165) is 10.8 Å². The summed E-state index contributed by atoms with van der Waals surface area (Å²) in [6.45, 7) is 1.10. The molecule has 90 valence electrons. The van der Waals surface area contributed by atoms with Crippen molar-refractivity contribution < 1.29 is 4.74 Å². The number of nitrogens with zero attached hydrogens (tertiary/aromatic N) is 5. The lowest BCUT2D eigenvalue weighted by molar-refractivity contribution is 0.179. The summed E-state index contributed by atoms with van der Waals surface area (Å²) in [5, 5.41) is 0.850. The van der Waals surface area contributed by atoms with E-state index < -0.39 is 0 Å². The molecule has 7 heteroatoms. The van der Waals surface area contributed by atoms with Crippen LogP contribution < -0.4 is 4.90 Å². The average Bonchev–Trinajstić information content (AvgIpc) is 2.79. The van der Waals surface area contributed by atoms with Crippen LogP contribution in [-0.2, 0) is 17.9 Å². The molecule has 0 spiro atoms. The van der Waals surface area contributed by atoms with Gasteiger partial charge in [-0.3, -0.25) is 9.97 Å². The Balaban J connectivity index is 2.01. The molecule has 0 aliphatic heterocycles. The zero-order chi connectivity index (χ0) is 12.1. The molecule has 6 nitrogen and oxygen atoms in total. The third kappa shape index (κ3) is 3.18. The molecule has 0 amide bonds. The van der Waals surface area contributed by atoms with Crippen molar-refractivity contribution in [2.45, 2.75) is 13.2 Å². The fraction of sp³-hybridized carbons (Fsp3) is 0.400. The zero-order valence-electron chi connectivity index (χ0n) is 9.70. The third-order valence-corrected chi connectivity index (χ3v) is 2.94. The van der Waals surface area contributed by atoms with Crippen molar-refractivity contribution >= 4 is 16.7 Å². The lowest BCUT2D eigenvalue weighted by Gasteiger charge is -2.13. The quantitative estimate of drug-likeness (QED) is 0.793. The summed E-state index contributed by atoms with van der Waals surface area (Å²) in [4.78, 5) is 14.6. The van der Waals surface area contributed by atoms with Gasteiger partial charge in [-0.15, -0.1) is 0 Å². The number of rotatable bonds is 5. The van der Waals surface area contributed by atoms with Crippen LogP contribution >= 0.6 is 11.5 Å². The molecule has 0 aliphatic carbocycles. The smallest absolute Gasteiger partial charge is 0.205 e. The molecular weight excluding hydrogens is 238 g/mol. The molecule has 0 aliphatic rings. The lowest BCUT2D eigenvalue weighted by Crippen LogP contribution is -2.17. The van der Waals surface area contributed by atoms with Gasteiger partial charge in [0.05, 0.1) is 18.4 Å². The van der Waals surface area contributed by atoms with Gasteiger partial charge >= 0.3 is 0 Å². The van der Waals surface area contributed by atoms with E-state index in [1.54, 1.807) is 25.7 Å². The van der Waals surface area contributed by atoms with E-state index in [9.17, 15) is 0 Å². The van der Waals surface area contributed by atoms with Crippen molar-refractivity contribution in [2.75, 3.05) is 19.1 Å². The first-order valence-electron chi connectivity index (χ1n) is 5.07. The van der Waals surface area contributed by atoms with Gasteiger partial charge in [-0.1, -0.05) is 0 Å². The molecule has 17 heavy (non-hydrogen) atoms. The molecule has 2 heterocycles. The average molecular weight is 251 g/mol. The van der Waals surface area contributed by atoms with Crippen molar-refractivity contribution in [1.29, 1.82) is 0 Å². The Morgan fingerprint density at radius 2 is 2.29 bits per heavy atom. The van der Waals surface area contributed by atoms with E-state index in [4.69, 9.17) is 4.74 Å². The van der Waals surface area contributed by atoms with Crippen LogP contribution in [0.2, 0.25) is 0 Å². The first-order valence-corrected chi connectivity index (χ1v) is 5.84. The Morgan fingerprint density at radius 3 is 3.00 bits per heavy atom. The molecule has 2 rings (SSSR count). The monoisotopic (exact) mass is 251 g/mol. The van der Waals surface area contributed by atoms with E-state index >= 15 is 0 Å². The summed E-state index contributed by atoms with van der Waals surface area (Å²) in [6.07, 6.45) is 5.08. The maximum absolute atomic E-state index is 4.98. The highest BCUT2D eigenvalue weighted by Crippen LogP contribution is 2.17. The van der Waals surface area contributed by atoms with Crippen LogP contribution in [0.25, 0.3) is 0 Å². The first-order chi connectivity index (χ1) is 8.29. The maximum atomic E-state index is 4.98. The van der Waals surface area contributed by atoms with Crippen LogP contribution in [-0.4, -0.2) is 33.5 Å². The predicted molar refractivity (Wildman–Crippen MR) is 64.8 cm³/mol. The molecule has 0 bridgehead atoms. The van der Waals surface area contributed by atoms with Gasteiger partial charge in [0.25, 0.3) is 0 Å². The molecule has 0 fully saturated rings. The maximum Gasteiger partial charge on any atom is 0.205 e. The highest BCUT2D eigenvalue weighted by atomic mass is 32.1. The van der Waals surface area contributed by atoms with Crippen LogP contribution in [0, 0.1) is 0 Å². The van der Waals surface area contributed by atoms with Crippen LogP contribution in [0.15, 0.2) is 18.6 Å². The standard InChI is InChI=1S/C10H13N5OS/c1-15(6-8-5-11-3-4-12-8)10-13-9(7-16-2)14-17-10/h3-5H,6-7H2,1-2H3. The minimum absolute atomic E-state index is 0.440. The molecule has 0 unspecified atom stereocenters. The Kier molecular flexibility index (Phi) is 3.94. The fourth-order valence-electron chi connectivity index (χ4n) is 1.31. The SMILES string of the molecule is COCc1nsc(N(C)Cc2cnccn2)n1. The number of aromatic nitrogens is 4. The van der Waals surface area contributed by atoms with Crippen molar-refractivity contribution in [3.05, 3.63) is 30.1 Å². The first kappa shape index (κ1) is 11.9. The second kappa shape index (κ2) is 5.65. The molecule has 0 saturated heterocycles. The van der Waals surface area contributed by atoms with E-state index in [-0.39, 0.29) is 0 Å². The summed E-state index contributed by atoms with van der Waals surface area (Å²) in [5.74, 6) is 0.707. The van der Waals surface area contributed by atoms with Crippen LogP contribution in [0.3, 0.4) is 0 Å². The van der Waals surface area contributed by atoms with Crippen molar-refractivity contribution in [1.82, 2.24) is 19.3 Å². The number of hydrogen-bond acceptors (Lipinski definition) is 7. The Bertz CT molecular complexity index is 461. The third-order valence-electron chi connectivity index (χ3n) is 2.07. The van der Waals surface area contributed by atoms with E-state index in [1.165, 1.54) is 11.5 Å². The van der Waals surface area contributed by atoms with Crippen LogP contribution in [0.5, 0.6) is 0 Å². The lowest BCUT2D eigenvalue weighted by atomic mass is 10.4. The van der Waals surface area contributed by atoms with Gasteiger partial charge in [-0.25, -0.2) is 4.98 Å². The summed E-state index contributed by atoms with van der Waals surface area (Å²) in [6, 6.07) is 0. The predicted octanol–water partition coefficient (Wildman–Crippen LogP) is 1.11. The molecule has 0 atom stereocenters. The molecule has 0 N–H and O–H groups in total. The van der Waals surface area contributed by atoms with Crippen LogP contribution in [0.4, 0.5) is 5.13 Å². The van der Waals surface area contributed by atoms with Crippen molar-refractivity contribution in [3.8, 4) is 0 Å². The Labute approximate surface area is 103 Å². The topological polar surface area (TPSA) is 64.0 Å². The normalized spacial score (nSPS) is 10.5. The highest BCUT2D eigenvalue weighted by molar-refractivity contribution is 7.09. The Hall–Kier alpha value is -1.60. The number of anilines is 1. The molecule has 0 aromatic carbocycles. The Morgan fingerprint density at radius 1 is 1.41 bits per heavy atom. The molecular formula is C10H13N5OS. The fourth-order valence-corrected chi connectivity index (χ4v) is 1.94. The highest BCUT2D eigenvalue weighted by Gasteiger charge is 2.09. The largest absolute Gasteiger partial charge is 0.377 e.